The highest BCUT2D eigenvalue weighted by molar-refractivity contribution is 6.07. The first-order valence-electron chi connectivity index (χ1n) is 10.5. The fourth-order valence-electron chi connectivity index (χ4n) is 3.59. The van der Waals surface area contributed by atoms with Crippen LogP contribution in [-0.4, -0.2) is 17.8 Å². The Labute approximate surface area is 192 Å². The smallest absolute Gasteiger partial charge is 0.293 e. The van der Waals surface area contributed by atoms with Crippen molar-refractivity contribution < 1.29 is 9.72 Å². The zero-order chi connectivity index (χ0) is 23.2. The zero-order valence-corrected chi connectivity index (χ0v) is 18.1. The Hall–Kier alpha value is -4.51. The molecule has 0 bridgehead atoms. The van der Waals surface area contributed by atoms with Gasteiger partial charge in [-0.25, -0.2) is 0 Å². The average molecular weight is 434 g/mol. The van der Waals surface area contributed by atoms with Gasteiger partial charge >= 0.3 is 0 Å². The number of nitro benzene ring substituents is 1. The van der Waals surface area contributed by atoms with E-state index >= 15 is 0 Å². The summed E-state index contributed by atoms with van der Waals surface area (Å²) in [5.41, 5.74) is 4.55. The second kappa shape index (κ2) is 9.75. The predicted molar refractivity (Wildman–Crippen MR) is 133 cm³/mol. The summed E-state index contributed by atoms with van der Waals surface area (Å²) in [5.74, 6) is -0.164. The van der Waals surface area contributed by atoms with Crippen molar-refractivity contribution in [2.45, 2.75) is 0 Å². The number of carbonyl (C=O) groups excluding carboxylic acids is 1. The first-order valence-corrected chi connectivity index (χ1v) is 10.5. The highest BCUT2D eigenvalue weighted by Crippen LogP contribution is 2.33. The largest absolute Gasteiger partial charge is 0.339 e. The molecule has 0 aliphatic heterocycles. The summed E-state index contributed by atoms with van der Waals surface area (Å²) < 4.78 is 0. The molecule has 0 spiro atoms. The fourth-order valence-corrected chi connectivity index (χ4v) is 3.59. The molecule has 0 saturated heterocycles. The van der Waals surface area contributed by atoms with Crippen molar-refractivity contribution in [2.75, 3.05) is 11.9 Å². The first-order chi connectivity index (χ1) is 16.0. The van der Waals surface area contributed by atoms with Crippen LogP contribution in [0.25, 0.3) is 17.2 Å². The minimum Gasteiger partial charge on any atom is -0.339 e. The highest BCUT2D eigenvalue weighted by atomic mass is 16.6. The number of para-hydroxylation sites is 1. The third-order valence-electron chi connectivity index (χ3n) is 5.40. The number of benzene rings is 4. The number of carbonyl (C=O) groups is 1. The summed E-state index contributed by atoms with van der Waals surface area (Å²) in [6, 6.07) is 31.7. The molecule has 0 saturated carbocycles. The average Bonchev–Trinajstić information content (AvgIpc) is 2.88. The van der Waals surface area contributed by atoms with Crippen molar-refractivity contribution in [1.29, 1.82) is 0 Å². The lowest BCUT2D eigenvalue weighted by atomic mass is 10.0. The Morgan fingerprint density at radius 1 is 0.818 bits per heavy atom. The highest BCUT2D eigenvalue weighted by Gasteiger charge is 2.18. The molecule has 0 unspecified atom stereocenters. The van der Waals surface area contributed by atoms with Crippen LogP contribution in [0, 0.1) is 10.1 Å². The topological polar surface area (TPSA) is 63.5 Å². The van der Waals surface area contributed by atoms with Crippen LogP contribution in [0.2, 0.25) is 0 Å². The summed E-state index contributed by atoms with van der Waals surface area (Å²) >= 11 is 0. The van der Waals surface area contributed by atoms with Crippen LogP contribution >= 0.6 is 0 Å². The number of nitrogens with zero attached hydrogens (tertiary/aromatic N) is 2. The Morgan fingerprint density at radius 2 is 1.42 bits per heavy atom. The molecule has 0 N–H and O–H groups in total. The maximum Gasteiger partial charge on any atom is 0.293 e. The molecule has 33 heavy (non-hydrogen) atoms. The van der Waals surface area contributed by atoms with Gasteiger partial charge in [0.05, 0.1) is 4.92 Å². The van der Waals surface area contributed by atoms with Crippen molar-refractivity contribution in [3.05, 3.63) is 130 Å². The Bertz CT molecular complexity index is 1300. The van der Waals surface area contributed by atoms with Crippen LogP contribution in [0.4, 0.5) is 17.1 Å². The van der Waals surface area contributed by atoms with E-state index in [0.29, 0.717) is 16.8 Å². The minimum absolute atomic E-state index is 0.0248. The second-order valence-corrected chi connectivity index (χ2v) is 7.54. The van der Waals surface area contributed by atoms with E-state index in [-0.39, 0.29) is 11.5 Å². The van der Waals surface area contributed by atoms with Crippen LogP contribution in [0.5, 0.6) is 0 Å². The van der Waals surface area contributed by atoms with E-state index in [2.05, 4.69) is 0 Å². The number of hydrogen-bond acceptors (Lipinski definition) is 4. The number of hydrogen-bond donors (Lipinski definition) is 0. The maximum absolute atomic E-state index is 12.6. The predicted octanol–water partition coefficient (Wildman–Crippen LogP) is 6.93. The Kier molecular flexibility index (Phi) is 6.41. The molecule has 0 heterocycles. The van der Waals surface area contributed by atoms with Gasteiger partial charge in [0.15, 0.2) is 5.78 Å². The van der Waals surface area contributed by atoms with Gasteiger partial charge in [-0.2, -0.15) is 0 Å². The number of rotatable bonds is 7. The van der Waals surface area contributed by atoms with E-state index in [1.54, 1.807) is 42.3 Å². The molecular formula is C28H22N2O3. The van der Waals surface area contributed by atoms with Crippen LogP contribution in [-0.2, 0) is 0 Å². The number of nitro groups is 1. The SMILES string of the molecule is CN(c1ccccc1)c1ccc(C=CC(=O)c2ccc(-c3ccccc3)cc2)cc1[N+](=O)[O-]. The van der Waals surface area contributed by atoms with Crippen LogP contribution < -0.4 is 4.90 Å². The molecule has 5 nitrogen and oxygen atoms in total. The van der Waals surface area contributed by atoms with E-state index in [4.69, 9.17) is 0 Å². The molecule has 4 rings (SSSR count). The van der Waals surface area contributed by atoms with Gasteiger partial charge in [-0.3, -0.25) is 14.9 Å². The standard InChI is InChI=1S/C28H22N2O3/c1-29(25-10-6-3-7-11-25)26-18-12-21(20-27(26)30(32)33)13-19-28(31)24-16-14-23(15-17-24)22-8-4-2-5-9-22/h2-20H,1H3. The second-order valence-electron chi connectivity index (χ2n) is 7.54. The number of anilines is 2. The molecule has 0 aliphatic carbocycles. The quantitative estimate of drug-likeness (QED) is 0.137. The molecule has 0 fully saturated rings. The summed E-state index contributed by atoms with van der Waals surface area (Å²) in [4.78, 5) is 25.7. The van der Waals surface area contributed by atoms with E-state index < -0.39 is 4.92 Å². The third-order valence-corrected chi connectivity index (χ3v) is 5.40. The van der Waals surface area contributed by atoms with Crippen molar-refractivity contribution in [3.8, 4) is 11.1 Å². The van der Waals surface area contributed by atoms with Crippen molar-refractivity contribution >= 4 is 28.9 Å². The summed E-state index contributed by atoms with van der Waals surface area (Å²) in [6.07, 6.45) is 3.05. The van der Waals surface area contributed by atoms with Crippen LogP contribution in [0.3, 0.4) is 0 Å². The molecule has 0 radical (unpaired) electrons. The summed E-state index contributed by atoms with van der Waals surface area (Å²) in [5, 5.41) is 11.7. The molecular weight excluding hydrogens is 412 g/mol. The van der Waals surface area contributed by atoms with E-state index in [1.807, 2.05) is 72.8 Å². The third kappa shape index (κ3) is 5.05. The lowest BCUT2D eigenvalue weighted by molar-refractivity contribution is -0.384. The molecule has 0 aliphatic rings. The van der Waals surface area contributed by atoms with Crippen molar-refractivity contribution in [3.63, 3.8) is 0 Å². The lowest BCUT2D eigenvalue weighted by Crippen LogP contribution is -2.11. The van der Waals surface area contributed by atoms with Gasteiger partial charge in [0.2, 0.25) is 0 Å². The van der Waals surface area contributed by atoms with Gasteiger partial charge in [0.25, 0.3) is 5.69 Å². The van der Waals surface area contributed by atoms with Gasteiger partial charge < -0.3 is 4.90 Å². The summed E-state index contributed by atoms with van der Waals surface area (Å²) in [6.45, 7) is 0. The van der Waals surface area contributed by atoms with Gasteiger partial charge in [0.1, 0.15) is 5.69 Å². The molecule has 0 atom stereocenters. The fraction of sp³-hybridized carbons (Fsp3) is 0.0357. The van der Waals surface area contributed by atoms with Gasteiger partial charge in [-0.15, -0.1) is 0 Å². The van der Waals surface area contributed by atoms with Gasteiger partial charge in [-0.05, 0) is 41.0 Å². The lowest BCUT2D eigenvalue weighted by Gasteiger charge is -2.19. The maximum atomic E-state index is 12.6. The summed E-state index contributed by atoms with van der Waals surface area (Å²) in [7, 11) is 1.79. The minimum atomic E-state index is -0.407. The molecule has 4 aromatic carbocycles. The Morgan fingerprint density at radius 3 is 2.06 bits per heavy atom. The molecule has 4 aromatic rings. The molecule has 162 valence electrons. The number of ketones is 1. The van der Waals surface area contributed by atoms with E-state index in [0.717, 1.165) is 16.8 Å². The van der Waals surface area contributed by atoms with Crippen LogP contribution in [0.15, 0.2) is 109 Å². The normalized spacial score (nSPS) is 10.8. The van der Waals surface area contributed by atoms with Crippen molar-refractivity contribution in [1.82, 2.24) is 0 Å². The Balaban J connectivity index is 1.53. The first kappa shape index (κ1) is 21.7. The van der Waals surface area contributed by atoms with Gasteiger partial charge in [0, 0.05) is 24.4 Å². The van der Waals surface area contributed by atoms with E-state index in [9.17, 15) is 14.9 Å². The molecule has 0 amide bonds. The molecule has 5 heteroatoms. The molecule has 0 aromatic heterocycles. The zero-order valence-electron chi connectivity index (χ0n) is 18.1. The monoisotopic (exact) mass is 434 g/mol. The van der Waals surface area contributed by atoms with Gasteiger partial charge in [-0.1, -0.05) is 84.9 Å². The van der Waals surface area contributed by atoms with Crippen LogP contribution in [0.1, 0.15) is 15.9 Å². The van der Waals surface area contributed by atoms with E-state index in [1.165, 1.54) is 12.1 Å². The van der Waals surface area contributed by atoms with Crippen molar-refractivity contribution in [2.24, 2.45) is 0 Å². The number of allylic oxidation sites excluding steroid dienone is 1.